The number of aromatic nitrogens is 1. The van der Waals surface area contributed by atoms with Crippen LogP contribution in [-0.2, 0) is 0 Å². The van der Waals surface area contributed by atoms with E-state index in [0.29, 0.717) is 5.92 Å². The molecule has 0 aliphatic carbocycles. The lowest BCUT2D eigenvalue weighted by molar-refractivity contribution is 0.480. The molecule has 2 rings (SSSR count). The van der Waals surface area contributed by atoms with Gasteiger partial charge in [-0.2, -0.15) is 0 Å². The Morgan fingerprint density at radius 3 is 2.60 bits per heavy atom. The molecule has 0 aliphatic rings. The first kappa shape index (κ1) is 14.4. The van der Waals surface area contributed by atoms with Gasteiger partial charge in [-0.1, -0.05) is 19.9 Å². The first-order chi connectivity index (χ1) is 9.60. The van der Waals surface area contributed by atoms with Crippen molar-refractivity contribution in [3.63, 3.8) is 0 Å². The maximum absolute atomic E-state index is 5.88. The quantitative estimate of drug-likeness (QED) is 0.852. The Kier molecular flexibility index (Phi) is 4.61. The fourth-order valence-corrected chi connectivity index (χ4v) is 2.27. The topological polar surface area (TPSA) is 34.2 Å². The highest BCUT2D eigenvalue weighted by atomic mass is 16.5. The van der Waals surface area contributed by atoms with Crippen LogP contribution in [0.25, 0.3) is 0 Å². The number of pyridine rings is 1. The predicted octanol–water partition coefficient (Wildman–Crippen LogP) is 4.74. The third-order valence-corrected chi connectivity index (χ3v) is 3.19. The third kappa shape index (κ3) is 3.50. The van der Waals surface area contributed by atoms with Crippen LogP contribution < -0.4 is 10.1 Å². The number of benzene rings is 1. The van der Waals surface area contributed by atoms with Gasteiger partial charge in [-0.05, 0) is 43.0 Å². The molecule has 0 fully saturated rings. The van der Waals surface area contributed by atoms with E-state index in [2.05, 4.69) is 50.1 Å². The Morgan fingerprint density at radius 1 is 1.15 bits per heavy atom. The van der Waals surface area contributed by atoms with Crippen molar-refractivity contribution in [2.45, 2.75) is 33.6 Å². The molecule has 1 N–H and O–H groups in total. The molecule has 1 heterocycles. The number of ether oxygens (including phenoxy) is 1. The van der Waals surface area contributed by atoms with Crippen molar-refractivity contribution in [1.29, 1.82) is 0 Å². The molecule has 106 valence electrons. The molecule has 3 heteroatoms. The van der Waals surface area contributed by atoms with Gasteiger partial charge in [0.25, 0.3) is 0 Å². The summed E-state index contributed by atoms with van der Waals surface area (Å²) in [7, 11) is 0. The molecule has 20 heavy (non-hydrogen) atoms. The van der Waals surface area contributed by atoms with E-state index in [9.17, 15) is 0 Å². The van der Waals surface area contributed by atoms with Crippen molar-refractivity contribution in [3.8, 4) is 11.5 Å². The molecule has 0 unspecified atom stereocenters. The summed E-state index contributed by atoms with van der Waals surface area (Å²) < 4.78 is 5.88. The van der Waals surface area contributed by atoms with Gasteiger partial charge in [-0.15, -0.1) is 0 Å². The summed E-state index contributed by atoms with van der Waals surface area (Å²) in [6.07, 6.45) is 3.52. The number of aryl methyl sites for hydroxylation is 1. The second-order valence-corrected chi connectivity index (χ2v) is 5.21. The van der Waals surface area contributed by atoms with Crippen LogP contribution >= 0.6 is 0 Å². The molecule has 1 aromatic heterocycles. The highest BCUT2D eigenvalue weighted by Crippen LogP contribution is 2.27. The summed E-state index contributed by atoms with van der Waals surface area (Å²) in [5.74, 6) is 2.13. The summed E-state index contributed by atoms with van der Waals surface area (Å²) in [6, 6.07) is 8.19. The first-order valence-corrected chi connectivity index (χ1v) is 7.07. The SMILES string of the molecule is CCNc1cncc(Oc2ccc(C(C)C)c(C)c2)c1. The number of anilines is 1. The largest absolute Gasteiger partial charge is 0.456 e. The average Bonchev–Trinajstić information content (AvgIpc) is 2.39. The van der Waals surface area contributed by atoms with Crippen LogP contribution in [0, 0.1) is 6.92 Å². The van der Waals surface area contributed by atoms with Gasteiger partial charge in [0.05, 0.1) is 18.1 Å². The molecule has 0 aliphatic heterocycles. The van der Waals surface area contributed by atoms with E-state index in [1.165, 1.54) is 11.1 Å². The lowest BCUT2D eigenvalue weighted by atomic mass is 9.98. The van der Waals surface area contributed by atoms with E-state index in [1.54, 1.807) is 12.4 Å². The Hall–Kier alpha value is -2.03. The fraction of sp³-hybridized carbons (Fsp3) is 0.353. The van der Waals surface area contributed by atoms with Crippen molar-refractivity contribution < 1.29 is 4.74 Å². The molecule has 0 atom stereocenters. The van der Waals surface area contributed by atoms with Crippen LogP contribution in [0.3, 0.4) is 0 Å². The summed E-state index contributed by atoms with van der Waals surface area (Å²) in [6.45, 7) is 9.45. The minimum Gasteiger partial charge on any atom is -0.456 e. The highest BCUT2D eigenvalue weighted by molar-refractivity contribution is 5.46. The van der Waals surface area contributed by atoms with Gasteiger partial charge in [-0.25, -0.2) is 0 Å². The van der Waals surface area contributed by atoms with Crippen LogP contribution in [0.2, 0.25) is 0 Å². The lowest BCUT2D eigenvalue weighted by Gasteiger charge is -2.12. The van der Waals surface area contributed by atoms with Crippen molar-refractivity contribution in [1.82, 2.24) is 4.98 Å². The molecule has 1 aromatic carbocycles. The number of rotatable bonds is 5. The van der Waals surface area contributed by atoms with Crippen LogP contribution in [0.1, 0.15) is 37.8 Å². The predicted molar refractivity (Wildman–Crippen MR) is 83.7 cm³/mol. The van der Waals surface area contributed by atoms with Crippen LogP contribution in [0.4, 0.5) is 5.69 Å². The number of hydrogen-bond acceptors (Lipinski definition) is 3. The van der Waals surface area contributed by atoms with Crippen LogP contribution in [0.5, 0.6) is 11.5 Å². The smallest absolute Gasteiger partial charge is 0.147 e. The molecule has 0 bridgehead atoms. The summed E-state index contributed by atoms with van der Waals surface area (Å²) in [4.78, 5) is 4.18. The van der Waals surface area contributed by atoms with Crippen molar-refractivity contribution >= 4 is 5.69 Å². The normalized spacial score (nSPS) is 10.7. The van der Waals surface area contributed by atoms with Crippen molar-refractivity contribution in [3.05, 3.63) is 47.8 Å². The lowest BCUT2D eigenvalue weighted by Crippen LogP contribution is -1.97. The molecule has 3 nitrogen and oxygen atoms in total. The Morgan fingerprint density at radius 2 is 1.95 bits per heavy atom. The van der Waals surface area contributed by atoms with Crippen LogP contribution in [-0.4, -0.2) is 11.5 Å². The number of nitrogens with one attached hydrogen (secondary N) is 1. The monoisotopic (exact) mass is 270 g/mol. The van der Waals surface area contributed by atoms with Gasteiger partial charge < -0.3 is 10.1 Å². The Bertz CT molecular complexity index is 579. The standard InChI is InChI=1S/C17H22N2O/c1-5-19-14-9-16(11-18-10-14)20-15-6-7-17(12(2)3)13(4)8-15/h6-12,19H,5H2,1-4H3. The van der Waals surface area contributed by atoms with E-state index in [0.717, 1.165) is 23.7 Å². The molecule has 0 radical (unpaired) electrons. The zero-order valence-corrected chi connectivity index (χ0v) is 12.6. The van der Waals surface area contributed by atoms with E-state index >= 15 is 0 Å². The minimum atomic E-state index is 0.530. The minimum absolute atomic E-state index is 0.530. The molecule has 0 saturated heterocycles. The number of hydrogen-bond donors (Lipinski definition) is 1. The average molecular weight is 270 g/mol. The fourth-order valence-electron chi connectivity index (χ4n) is 2.27. The molecule has 2 aromatic rings. The first-order valence-electron chi connectivity index (χ1n) is 7.07. The summed E-state index contributed by atoms with van der Waals surface area (Å²) in [5, 5.41) is 3.23. The Labute approximate surface area is 121 Å². The maximum Gasteiger partial charge on any atom is 0.147 e. The third-order valence-electron chi connectivity index (χ3n) is 3.19. The number of nitrogens with zero attached hydrogens (tertiary/aromatic N) is 1. The molecule has 0 saturated carbocycles. The Balaban J connectivity index is 2.17. The molecular formula is C17H22N2O. The van der Waals surface area contributed by atoms with E-state index < -0.39 is 0 Å². The molecular weight excluding hydrogens is 248 g/mol. The van der Waals surface area contributed by atoms with E-state index in [4.69, 9.17) is 4.74 Å². The second kappa shape index (κ2) is 6.42. The zero-order valence-electron chi connectivity index (χ0n) is 12.6. The summed E-state index contributed by atoms with van der Waals surface area (Å²) in [5.41, 5.74) is 3.59. The van der Waals surface area contributed by atoms with Gasteiger partial charge in [0.15, 0.2) is 0 Å². The van der Waals surface area contributed by atoms with E-state index in [1.807, 2.05) is 12.1 Å². The molecule has 0 spiro atoms. The van der Waals surface area contributed by atoms with Gasteiger partial charge in [0, 0.05) is 12.6 Å². The zero-order chi connectivity index (χ0) is 14.5. The van der Waals surface area contributed by atoms with Gasteiger partial charge >= 0.3 is 0 Å². The van der Waals surface area contributed by atoms with Gasteiger partial charge in [0.1, 0.15) is 11.5 Å². The van der Waals surface area contributed by atoms with Gasteiger partial charge in [0.2, 0.25) is 0 Å². The summed E-state index contributed by atoms with van der Waals surface area (Å²) >= 11 is 0. The van der Waals surface area contributed by atoms with Crippen molar-refractivity contribution in [2.24, 2.45) is 0 Å². The maximum atomic E-state index is 5.88. The van der Waals surface area contributed by atoms with E-state index in [-0.39, 0.29) is 0 Å². The molecule has 0 amide bonds. The van der Waals surface area contributed by atoms with Crippen LogP contribution in [0.15, 0.2) is 36.7 Å². The van der Waals surface area contributed by atoms with Crippen molar-refractivity contribution in [2.75, 3.05) is 11.9 Å². The van der Waals surface area contributed by atoms with Gasteiger partial charge in [-0.3, -0.25) is 4.98 Å². The second-order valence-electron chi connectivity index (χ2n) is 5.21. The highest BCUT2D eigenvalue weighted by Gasteiger charge is 2.06.